The largest absolute Gasteiger partial charge is 0.493 e. The Morgan fingerprint density at radius 3 is 2.00 bits per heavy atom. The van der Waals surface area contributed by atoms with E-state index in [4.69, 9.17) is 14.2 Å². The fourth-order valence-corrected chi connectivity index (χ4v) is 2.14. The zero-order chi connectivity index (χ0) is 16.8. The van der Waals surface area contributed by atoms with Gasteiger partial charge >= 0.3 is 0 Å². The van der Waals surface area contributed by atoms with Crippen molar-refractivity contribution >= 4 is 11.6 Å². The maximum Gasteiger partial charge on any atom is 0.203 e. The second kappa shape index (κ2) is 7.32. The van der Waals surface area contributed by atoms with Gasteiger partial charge < -0.3 is 14.2 Å². The van der Waals surface area contributed by atoms with Crippen LogP contribution in [0.15, 0.2) is 36.4 Å². The Morgan fingerprint density at radius 1 is 1.00 bits per heavy atom. The predicted molar refractivity (Wildman–Crippen MR) is 86.0 cm³/mol. The summed E-state index contributed by atoms with van der Waals surface area (Å²) in [7, 11) is 4.53. The van der Waals surface area contributed by atoms with Crippen LogP contribution in [0.4, 0.5) is 4.39 Å². The zero-order valence-corrected chi connectivity index (χ0v) is 13.1. The number of benzene rings is 2. The lowest BCUT2D eigenvalue weighted by Gasteiger charge is -2.13. The van der Waals surface area contributed by atoms with Crippen molar-refractivity contribution in [3.63, 3.8) is 0 Å². The fourth-order valence-electron chi connectivity index (χ4n) is 2.14. The number of hydrogen-bond donors (Lipinski definition) is 0. The zero-order valence-electron chi connectivity index (χ0n) is 13.1. The number of allylic oxidation sites excluding steroid dienone is 1. The van der Waals surface area contributed by atoms with Gasteiger partial charge in [0, 0.05) is 0 Å². The van der Waals surface area contributed by atoms with Crippen LogP contribution in [0.3, 0.4) is 0 Å². The number of methoxy groups -OCH3 is 3. The van der Waals surface area contributed by atoms with Gasteiger partial charge in [-0.05, 0) is 41.5 Å². The minimum Gasteiger partial charge on any atom is -0.493 e. The molecule has 0 aliphatic carbocycles. The van der Waals surface area contributed by atoms with Crippen molar-refractivity contribution in [2.45, 2.75) is 0 Å². The maximum atomic E-state index is 13.0. The number of nitrogens with zero attached hydrogens (tertiary/aromatic N) is 1. The summed E-state index contributed by atoms with van der Waals surface area (Å²) in [5.74, 6) is 1.05. The summed E-state index contributed by atoms with van der Waals surface area (Å²) in [5.41, 5.74) is 1.74. The molecule has 0 unspecified atom stereocenters. The Bertz CT molecular complexity index is 736. The lowest BCUT2D eigenvalue weighted by molar-refractivity contribution is 0.324. The molecule has 2 rings (SSSR count). The number of ether oxygens (including phenoxy) is 3. The van der Waals surface area contributed by atoms with E-state index in [-0.39, 0.29) is 5.82 Å². The van der Waals surface area contributed by atoms with E-state index >= 15 is 0 Å². The normalized spacial score (nSPS) is 10.8. The lowest BCUT2D eigenvalue weighted by atomic mass is 10.0. The molecule has 0 aromatic heterocycles. The van der Waals surface area contributed by atoms with E-state index in [2.05, 4.69) is 6.07 Å². The summed E-state index contributed by atoms with van der Waals surface area (Å²) < 4.78 is 28.8. The summed E-state index contributed by atoms with van der Waals surface area (Å²) >= 11 is 0. The van der Waals surface area contributed by atoms with Gasteiger partial charge in [0.05, 0.1) is 33.0 Å². The maximum absolute atomic E-state index is 13.0. The number of nitriles is 1. The standard InChI is InChI=1S/C18H16FNO3/c1-21-16-9-13(10-17(22-2)18(16)23-3)14(11-20)8-12-4-6-15(19)7-5-12/h4-10H,1-3H3/b14-8+. The SMILES string of the molecule is COc1cc(/C(C#N)=C/c2ccc(F)cc2)cc(OC)c1OC. The first kappa shape index (κ1) is 16.4. The molecular formula is C18H16FNO3. The van der Waals surface area contributed by atoms with E-state index in [9.17, 15) is 9.65 Å². The van der Waals surface area contributed by atoms with Crippen molar-refractivity contribution in [2.75, 3.05) is 21.3 Å². The minimum atomic E-state index is -0.326. The van der Waals surface area contributed by atoms with Gasteiger partial charge in [-0.1, -0.05) is 12.1 Å². The molecule has 118 valence electrons. The Morgan fingerprint density at radius 2 is 1.57 bits per heavy atom. The lowest BCUT2D eigenvalue weighted by Crippen LogP contribution is -1.96. The van der Waals surface area contributed by atoms with Crippen LogP contribution < -0.4 is 14.2 Å². The van der Waals surface area contributed by atoms with E-state index in [1.54, 1.807) is 30.3 Å². The topological polar surface area (TPSA) is 51.5 Å². The first-order valence-electron chi connectivity index (χ1n) is 6.80. The Balaban J connectivity index is 2.53. The quantitative estimate of drug-likeness (QED) is 0.620. The molecule has 23 heavy (non-hydrogen) atoms. The van der Waals surface area contributed by atoms with E-state index in [0.29, 0.717) is 28.4 Å². The molecule has 0 spiro atoms. The highest BCUT2D eigenvalue weighted by Gasteiger charge is 2.15. The first-order valence-corrected chi connectivity index (χ1v) is 6.80. The predicted octanol–water partition coefficient (Wildman–Crippen LogP) is 3.92. The molecule has 2 aromatic carbocycles. The highest BCUT2D eigenvalue weighted by molar-refractivity contribution is 5.90. The molecule has 0 saturated carbocycles. The third-order valence-electron chi connectivity index (χ3n) is 3.28. The van der Waals surface area contributed by atoms with Gasteiger partial charge in [-0.25, -0.2) is 4.39 Å². The molecule has 4 nitrogen and oxygen atoms in total. The third-order valence-corrected chi connectivity index (χ3v) is 3.28. The van der Waals surface area contributed by atoms with Crippen molar-refractivity contribution in [3.8, 4) is 23.3 Å². The summed E-state index contributed by atoms with van der Waals surface area (Å²) in [6.07, 6.45) is 1.67. The van der Waals surface area contributed by atoms with Crippen LogP contribution in [-0.4, -0.2) is 21.3 Å². The molecule has 0 saturated heterocycles. The second-order valence-electron chi connectivity index (χ2n) is 4.64. The summed E-state index contributed by atoms with van der Waals surface area (Å²) in [6.45, 7) is 0. The van der Waals surface area contributed by atoms with Crippen LogP contribution in [0.1, 0.15) is 11.1 Å². The van der Waals surface area contributed by atoms with Crippen LogP contribution in [0.2, 0.25) is 0 Å². The molecule has 0 amide bonds. The van der Waals surface area contributed by atoms with Crippen LogP contribution >= 0.6 is 0 Å². The Kier molecular flexibility index (Phi) is 5.21. The molecule has 0 N–H and O–H groups in total. The Hall–Kier alpha value is -3.00. The van der Waals surface area contributed by atoms with Gasteiger partial charge in [0.1, 0.15) is 5.82 Å². The van der Waals surface area contributed by atoms with Crippen LogP contribution in [0.25, 0.3) is 11.6 Å². The van der Waals surface area contributed by atoms with E-state index < -0.39 is 0 Å². The third kappa shape index (κ3) is 3.61. The van der Waals surface area contributed by atoms with Gasteiger partial charge in [0.2, 0.25) is 5.75 Å². The highest BCUT2D eigenvalue weighted by atomic mass is 19.1. The summed E-state index contributed by atoms with van der Waals surface area (Å²) in [6, 6.07) is 11.4. The highest BCUT2D eigenvalue weighted by Crippen LogP contribution is 2.40. The van der Waals surface area contributed by atoms with E-state index in [0.717, 1.165) is 5.56 Å². The smallest absolute Gasteiger partial charge is 0.203 e. The van der Waals surface area contributed by atoms with Crippen molar-refractivity contribution in [1.29, 1.82) is 5.26 Å². The van der Waals surface area contributed by atoms with Crippen molar-refractivity contribution in [3.05, 3.63) is 53.3 Å². The molecular weight excluding hydrogens is 297 g/mol. The van der Waals surface area contributed by atoms with Gasteiger partial charge in [0.25, 0.3) is 0 Å². The van der Waals surface area contributed by atoms with Gasteiger partial charge in [-0.3, -0.25) is 0 Å². The van der Waals surface area contributed by atoms with Crippen molar-refractivity contribution in [2.24, 2.45) is 0 Å². The second-order valence-corrected chi connectivity index (χ2v) is 4.64. The fraction of sp³-hybridized carbons (Fsp3) is 0.167. The first-order chi connectivity index (χ1) is 11.1. The van der Waals surface area contributed by atoms with Gasteiger partial charge in [-0.2, -0.15) is 5.26 Å². The molecule has 5 heteroatoms. The van der Waals surface area contributed by atoms with Gasteiger partial charge in [-0.15, -0.1) is 0 Å². The van der Waals surface area contributed by atoms with Crippen LogP contribution in [-0.2, 0) is 0 Å². The Labute approximate surface area is 134 Å². The van der Waals surface area contributed by atoms with Crippen molar-refractivity contribution < 1.29 is 18.6 Å². The molecule has 0 fully saturated rings. The van der Waals surface area contributed by atoms with Crippen LogP contribution in [0.5, 0.6) is 17.2 Å². The van der Waals surface area contributed by atoms with E-state index in [1.807, 2.05) is 0 Å². The average molecular weight is 313 g/mol. The van der Waals surface area contributed by atoms with Gasteiger partial charge in [0.15, 0.2) is 11.5 Å². The summed E-state index contributed by atoms with van der Waals surface area (Å²) in [4.78, 5) is 0. The molecule has 2 aromatic rings. The number of halogens is 1. The molecule has 0 atom stereocenters. The monoisotopic (exact) mass is 313 g/mol. The molecule has 0 aliphatic rings. The summed E-state index contributed by atoms with van der Waals surface area (Å²) in [5, 5.41) is 9.44. The number of hydrogen-bond acceptors (Lipinski definition) is 4. The molecule has 0 aliphatic heterocycles. The van der Waals surface area contributed by atoms with Crippen LogP contribution in [0, 0.1) is 17.1 Å². The minimum absolute atomic E-state index is 0.326. The number of rotatable bonds is 5. The average Bonchev–Trinajstić information content (AvgIpc) is 2.59. The van der Waals surface area contributed by atoms with E-state index in [1.165, 1.54) is 33.5 Å². The molecule has 0 heterocycles. The van der Waals surface area contributed by atoms with Crippen molar-refractivity contribution in [1.82, 2.24) is 0 Å². The molecule has 0 radical (unpaired) electrons. The molecule has 0 bridgehead atoms.